The van der Waals surface area contributed by atoms with Gasteiger partial charge in [0.2, 0.25) is 0 Å². The Kier molecular flexibility index (Phi) is 9.00. The van der Waals surface area contributed by atoms with E-state index in [4.69, 9.17) is 0 Å². The molecule has 0 nitrogen and oxygen atoms in total. The van der Waals surface area contributed by atoms with E-state index in [1.54, 1.807) is 0 Å². The van der Waals surface area contributed by atoms with Gasteiger partial charge in [-0.25, -0.2) is 0 Å². The predicted octanol–water partition coefficient (Wildman–Crippen LogP) is 4.49. The Bertz CT molecular complexity index is 269. The molecule has 0 amide bonds. The van der Waals surface area contributed by atoms with Crippen LogP contribution in [0.15, 0.2) is 21.6 Å². The molecule has 0 aromatic rings. The normalized spacial score (nSPS) is 14.3. The molecule has 0 saturated carbocycles. The molecular formula is C9H19Br2HfSi. The molecule has 0 heterocycles. The molecule has 0 aromatic heterocycles. The monoisotopic (exact) mass is 493 g/mol. The Morgan fingerprint density at radius 3 is 2.08 bits per heavy atom. The van der Waals surface area contributed by atoms with Gasteiger partial charge in [0.1, 0.15) is 0 Å². The molecular weight excluding hydrogens is 474 g/mol. The summed E-state index contributed by atoms with van der Waals surface area (Å²) in [5, 5.41) is 0. The molecule has 0 atom stereocenters. The van der Waals surface area contributed by atoms with Crippen molar-refractivity contribution in [2.75, 3.05) is 0 Å². The Labute approximate surface area is 107 Å². The van der Waals surface area contributed by atoms with Crippen molar-refractivity contribution in [1.82, 2.24) is 0 Å². The summed E-state index contributed by atoms with van der Waals surface area (Å²) >= 11 is -1.80. The number of rotatable bonds is 1. The molecule has 0 saturated heterocycles. The first-order chi connectivity index (χ1) is 5.05. The van der Waals surface area contributed by atoms with Crippen LogP contribution in [0, 0.1) is 0 Å². The summed E-state index contributed by atoms with van der Waals surface area (Å²) in [5.41, 5.74) is 0.0202. The van der Waals surface area contributed by atoms with Gasteiger partial charge in [-0.05, 0) is 0 Å². The maximum atomic E-state index is 2.60. The van der Waals surface area contributed by atoms with Crippen LogP contribution in [0.5, 0.6) is 0 Å². The van der Waals surface area contributed by atoms with Crippen LogP contribution in [-0.4, -0.2) is 5.49 Å². The topological polar surface area (TPSA) is 0 Å². The van der Waals surface area contributed by atoms with E-state index >= 15 is 0 Å². The molecule has 0 spiro atoms. The Balaban J connectivity index is 0. The van der Waals surface area contributed by atoms with Crippen molar-refractivity contribution in [3.63, 3.8) is 0 Å². The van der Waals surface area contributed by atoms with Crippen molar-refractivity contribution in [2.45, 2.75) is 28.9 Å². The average Bonchev–Trinajstić information content (AvgIpc) is 2.37. The molecule has 0 aliphatic heterocycles. The van der Waals surface area contributed by atoms with E-state index in [0.29, 0.717) is 0 Å². The number of hydrogen-bond donors (Lipinski definition) is 0. The second-order valence-corrected chi connectivity index (χ2v) is 40.9. The zero-order valence-corrected chi connectivity index (χ0v) is 16.8. The van der Waals surface area contributed by atoms with E-state index < -0.39 is 18.6 Å². The summed E-state index contributed by atoms with van der Waals surface area (Å²) in [6.07, 6.45) is 8.22. The van der Waals surface area contributed by atoms with Crippen molar-refractivity contribution >= 4 is 39.5 Å². The van der Waals surface area contributed by atoms with Gasteiger partial charge in [-0.3, -0.25) is 0 Å². The van der Waals surface area contributed by atoms with E-state index in [1.165, 1.54) is 6.42 Å². The standard InChI is InChI=1S/C5H5.C2H6Si.2CH3.2BrH.Hf/c1-2-4-5-3-1;1-3-2;;;;;/h1-3H,4H2;1-2H3;2*1H3;2*1H;. The molecule has 1 rings (SSSR count). The molecule has 0 bridgehead atoms. The Morgan fingerprint density at radius 2 is 1.77 bits per heavy atom. The van der Waals surface area contributed by atoms with E-state index in [0.717, 1.165) is 0 Å². The van der Waals surface area contributed by atoms with Gasteiger partial charge in [-0.2, -0.15) is 0 Å². The number of allylic oxidation sites excluding steroid dienone is 4. The zero-order valence-electron chi connectivity index (χ0n) is 8.76. The van der Waals surface area contributed by atoms with Gasteiger partial charge in [-0.1, -0.05) is 0 Å². The fourth-order valence-electron chi connectivity index (χ4n) is 1.23. The van der Waals surface area contributed by atoms with Crippen molar-refractivity contribution < 1.29 is 18.6 Å². The summed E-state index contributed by atoms with van der Waals surface area (Å²) < 4.78 is 7.04. The first-order valence-electron chi connectivity index (χ1n) is 4.22. The Morgan fingerprint density at radius 1 is 1.23 bits per heavy atom. The fourth-order valence-corrected chi connectivity index (χ4v) is 14.4. The molecule has 0 N–H and O–H groups in total. The fraction of sp³-hybridized carbons (Fsp3) is 0.556. The van der Waals surface area contributed by atoms with E-state index in [1.807, 2.05) is 3.33 Å². The van der Waals surface area contributed by atoms with E-state index in [2.05, 4.69) is 40.7 Å². The molecule has 4 heteroatoms. The first-order valence-corrected chi connectivity index (χ1v) is 21.1. The second kappa shape index (κ2) is 6.91. The SMILES string of the molecule is Br.Br.C[Si](C)=[Hf]([CH3])([CH3])[C]1=CC=CC1. The molecule has 0 radical (unpaired) electrons. The molecule has 0 unspecified atom stereocenters. The molecule has 0 aromatic carbocycles. The molecule has 1 aliphatic carbocycles. The third-order valence-electron chi connectivity index (χ3n) is 2.82. The van der Waals surface area contributed by atoms with Gasteiger partial charge >= 0.3 is 74.5 Å². The summed E-state index contributed by atoms with van der Waals surface area (Å²) in [7, 11) is 0. The van der Waals surface area contributed by atoms with Crippen molar-refractivity contribution in [3.05, 3.63) is 21.6 Å². The van der Waals surface area contributed by atoms with Gasteiger partial charge in [0.25, 0.3) is 0 Å². The van der Waals surface area contributed by atoms with Crippen LogP contribution in [0.2, 0.25) is 22.5 Å². The number of halogens is 2. The summed E-state index contributed by atoms with van der Waals surface area (Å²) in [6, 6.07) is 0. The number of hydrogen-bond acceptors (Lipinski definition) is 0. The average molecular weight is 494 g/mol. The molecule has 77 valence electrons. The third-order valence-corrected chi connectivity index (χ3v) is 42.0. The van der Waals surface area contributed by atoms with Crippen LogP contribution >= 0.6 is 34.0 Å². The van der Waals surface area contributed by atoms with Crippen LogP contribution in [-0.2, 0) is 18.6 Å². The maximum absolute atomic E-state index is 2.60. The van der Waals surface area contributed by atoms with Gasteiger partial charge in [0, 0.05) is 0 Å². The third kappa shape index (κ3) is 4.27. The van der Waals surface area contributed by atoms with Gasteiger partial charge in [-0.15, -0.1) is 34.0 Å². The minimum atomic E-state index is -1.80. The van der Waals surface area contributed by atoms with E-state index in [-0.39, 0.29) is 39.5 Å². The van der Waals surface area contributed by atoms with Crippen LogP contribution in [0.3, 0.4) is 0 Å². The van der Waals surface area contributed by atoms with Gasteiger partial charge in [0.05, 0.1) is 0 Å². The van der Waals surface area contributed by atoms with Crippen LogP contribution in [0.25, 0.3) is 0 Å². The van der Waals surface area contributed by atoms with Crippen molar-refractivity contribution in [1.29, 1.82) is 0 Å². The summed E-state index contributed by atoms with van der Waals surface area (Å²) in [5.74, 6) is 0. The Hall–Kier alpha value is 1.53. The van der Waals surface area contributed by atoms with Gasteiger partial charge in [0.15, 0.2) is 0 Å². The first kappa shape index (κ1) is 16.9. The quantitative estimate of drug-likeness (QED) is 0.473. The van der Waals surface area contributed by atoms with E-state index in [9.17, 15) is 0 Å². The van der Waals surface area contributed by atoms with Crippen molar-refractivity contribution in [3.8, 4) is 0 Å². The minimum absolute atomic E-state index is 0. The second-order valence-electron chi connectivity index (χ2n) is 3.95. The van der Waals surface area contributed by atoms with Crippen LogP contribution < -0.4 is 0 Å². The molecule has 0 fully saturated rings. The van der Waals surface area contributed by atoms with Crippen LogP contribution in [0.1, 0.15) is 6.42 Å². The zero-order chi connectivity index (χ0) is 8.48. The van der Waals surface area contributed by atoms with Crippen molar-refractivity contribution in [2.24, 2.45) is 0 Å². The molecule has 13 heavy (non-hydrogen) atoms. The summed E-state index contributed by atoms with van der Waals surface area (Å²) in [6.45, 7) is 4.98. The predicted molar refractivity (Wildman–Crippen MR) is 71.7 cm³/mol. The van der Waals surface area contributed by atoms with Crippen LogP contribution in [0.4, 0.5) is 0 Å². The molecule has 1 aliphatic rings. The summed E-state index contributed by atoms with van der Waals surface area (Å²) in [4.78, 5) is 0. The van der Waals surface area contributed by atoms with Gasteiger partial charge < -0.3 is 0 Å².